The van der Waals surface area contributed by atoms with E-state index >= 15 is 0 Å². The van der Waals surface area contributed by atoms with Gasteiger partial charge in [0.25, 0.3) is 5.91 Å². The van der Waals surface area contributed by atoms with Crippen LogP contribution in [0.1, 0.15) is 16.1 Å². The summed E-state index contributed by atoms with van der Waals surface area (Å²) < 4.78 is 23.5. The first-order chi connectivity index (χ1) is 14.4. The highest BCUT2D eigenvalue weighted by atomic mass is 35.5. The van der Waals surface area contributed by atoms with Crippen molar-refractivity contribution in [2.45, 2.75) is 0 Å². The van der Waals surface area contributed by atoms with Crippen LogP contribution in [0.4, 0.5) is 4.39 Å². The second-order valence-corrected chi connectivity index (χ2v) is 6.34. The van der Waals surface area contributed by atoms with Gasteiger partial charge in [-0.2, -0.15) is 10.1 Å². The van der Waals surface area contributed by atoms with E-state index in [-0.39, 0.29) is 11.4 Å². The highest BCUT2D eigenvalue weighted by molar-refractivity contribution is 6.32. The van der Waals surface area contributed by atoms with Crippen molar-refractivity contribution in [2.75, 3.05) is 14.2 Å². The van der Waals surface area contributed by atoms with Crippen molar-refractivity contribution in [2.24, 2.45) is 5.10 Å². The Morgan fingerprint density at radius 3 is 2.60 bits per heavy atom. The third kappa shape index (κ3) is 4.81. The molecule has 0 unspecified atom stereocenters. The molecule has 0 aliphatic rings. The van der Waals surface area contributed by atoms with Crippen molar-refractivity contribution in [1.82, 2.24) is 15.4 Å². The maximum Gasteiger partial charge on any atom is 0.346 e. The van der Waals surface area contributed by atoms with Gasteiger partial charge < -0.3 is 14.5 Å². The highest BCUT2D eigenvalue weighted by Crippen LogP contribution is 2.35. The number of amides is 1. The summed E-state index contributed by atoms with van der Waals surface area (Å²) in [5.41, 5.74) is 2.78. The van der Waals surface area contributed by atoms with Gasteiger partial charge in [-0.05, 0) is 48.0 Å². The Bertz CT molecular complexity index is 1160. The molecule has 1 heterocycles. The van der Waals surface area contributed by atoms with Gasteiger partial charge in [0.1, 0.15) is 11.5 Å². The van der Waals surface area contributed by atoms with Crippen LogP contribution >= 0.6 is 11.6 Å². The van der Waals surface area contributed by atoms with E-state index in [0.717, 1.165) is 0 Å². The summed E-state index contributed by atoms with van der Waals surface area (Å²) in [6.07, 6.45) is 1.35. The fourth-order valence-corrected chi connectivity index (χ4v) is 2.88. The number of hydrogen-bond acceptors (Lipinski definition) is 6. The van der Waals surface area contributed by atoms with Gasteiger partial charge in [0.05, 0.1) is 31.2 Å². The molecule has 0 fully saturated rings. The van der Waals surface area contributed by atoms with Gasteiger partial charge in [-0.1, -0.05) is 11.6 Å². The standard InChI is InChI=1S/C20H16ClFN4O4/c1-29-17-8-11(7-14(21)18(17)30-2)10-23-26-19(27)16-9-15(24-20(28)25-16)12-3-5-13(22)6-4-12/h3-10H,1-2H3,(H,26,27)(H,24,25,28)/b23-10+. The Hall–Kier alpha value is -3.72. The number of aromatic amines is 1. The molecule has 0 aliphatic heterocycles. The molecule has 8 nitrogen and oxygen atoms in total. The number of rotatable bonds is 6. The summed E-state index contributed by atoms with van der Waals surface area (Å²) >= 11 is 6.13. The molecule has 1 aromatic heterocycles. The van der Waals surface area contributed by atoms with E-state index in [2.05, 4.69) is 20.5 Å². The average molecular weight is 431 g/mol. The van der Waals surface area contributed by atoms with Crippen LogP contribution in [-0.2, 0) is 0 Å². The first-order valence-corrected chi connectivity index (χ1v) is 8.91. The summed E-state index contributed by atoms with van der Waals surface area (Å²) in [6, 6.07) is 9.95. The van der Waals surface area contributed by atoms with Gasteiger partial charge in [-0.3, -0.25) is 4.79 Å². The second kappa shape index (κ2) is 9.19. The summed E-state index contributed by atoms with van der Waals surface area (Å²) in [7, 11) is 2.93. The Balaban J connectivity index is 1.79. The zero-order chi connectivity index (χ0) is 21.7. The fourth-order valence-electron chi connectivity index (χ4n) is 2.59. The average Bonchev–Trinajstić information content (AvgIpc) is 2.73. The van der Waals surface area contributed by atoms with Crippen LogP contribution in [0.3, 0.4) is 0 Å². The molecule has 3 aromatic rings. The molecule has 0 bridgehead atoms. The molecule has 0 aliphatic carbocycles. The first kappa shape index (κ1) is 21.0. The highest BCUT2D eigenvalue weighted by Gasteiger charge is 2.12. The minimum absolute atomic E-state index is 0.0585. The predicted octanol–water partition coefficient (Wildman–Crippen LogP) is 3.01. The number of aromatic nitrogens is 2. The van der Waals surface area contributed by atoms with Crippen LogP contribution in [-0.4, -0.2) is 36.3 Å². The number of hydrogen-bond donors (Lipinski definition) is 2. The molecule has 0 atom stereocenters. The molecule has 0 saturated heterocycles. The zero-order valence-corrected chi connectivity index (χ0v) is 16.7. The van der Waals surface area contributed by atoms with E-state index in [1.165, 1.54) is 50.8 Å². The monoisotopic (exact) mass is 430 g/mol. The second-order valence-electron chi connectivity index (χ2n) is 5.93. The quantitative estimate of drug-likeness (QED) is 0.462. The number of nitrogens with zero attached hydrogens (tertiary/aromatic N) is 2. The lowest BCUT2D eigenvalue weighted by atomic mass is 10.1. The molecule has 154 valence electrons. The summed E-state index contributed by atoms with van der Waals surface area (Å²) in [4.78, 5) is 30.3. The molecule has 1 amide bonds. The van der Waals surface area contributed by atoms with Crippen LogP contribution in [0.25, 0.3) is 11.3 Å². The molecule has 2 aromatic carbocycles. The number of hydrazone groups is 1. The van der Waals surface area contributed by atoms with Gasteiger partial charge in [-0.15, -0.1) is 0 Å². The zero-order valence-electron chi connectivity index (χ0n) is 15.9. The van der Waals surface area contributed by atoms with Crippen LogP contribution in [0, 0.1) is 5.82 Å². The fraction of sp³-hybridized carbons (Fsp3) is 0.100. The van der Waals surface area contributed by atoms with Crippen LogP contribution < -0.4 is 20.6 Å². The molecule has 30 heavy (non-hydrogen) atoms. The summed E-state index contributed by atoms with van der Waals surface area (Å²) in [5, 5.41) is 4.17. The largest absolute Gasteiger partial charge is 0.493 e. The minimum Gasteiger partial charge on any atom is -0.493 e. The molecular weight excluding hydrogens is 415 g/mol. The van der Waals surface area contributed by atoms with E-state index in [0.29, 0.717) is 27.6 Å². The Morgan fingerprint density at radius 1 is 1.20 bits per heavy atom. The van der Waals surface area contributed by atoms with Crippen molar-refractivity contribution >= 4 is 23.7 Å². The van der Waals surface area contributed by atoms with E-state index in [1.807, 2.05) is 0 Å². The lowest BCUT2D eigenvalue weighted by Crippen LogP contribution is -2.24. The third-order valence-electron chi connectivity index (χ3n) is 3.96. The van der Waals surface area contributed by atoms with E-state index < -0.39 is 17.4 Å². The van der Waals surface area contributed by atoms with Gasteiger partial charge in [0.2, 0.25) is 0 Å². The summed E-state index contributed by atoms with van der Waals surface area (Å²) in [5.74, 6) is -0.310. The molecule has 3 rings (SSSR count). The number of nitrogens with one attached hydrogen (secondary N) is 2. The number of benzene rings is 2. The number of ether oxygens (including phenoxy) is 2. The Kier molecular flexibility index (Phi) is 6.43. The number of methoxy groups -OCH3 is 2. The lowest BCUT2D eigenvalue weighted by molar-refractivity contribution is 0.0949. The number of halogens is 2. The summed E-state index contributed by atoms with van der Waals surface area (Å²) in [6.45, 7) is 0. The Labute approximate surface area is 175 Å². The van der Waals surface area contributed by atoms with Crippen LogP contribution in [0.2, 0.25) is 5.02 Å². The Morgan fingerprint density at radius 2 is 1.93 bits per heavy atom. The molecule has 2 N–H and O–H groups in total. The van der Waals surface area contributed by atoms with Gasteiger partial charge in [0.15, 0.2) is 11.5 Å². The number of carbonyl (C=O) groups is 1. The molecule has 10 heteroatoms. The molecule has 0 radical (unpaired) electrons. The topological polar surface area (TPSA) is 106 Å². The van der Waals surface area contributed by atoms with Crippen molar-refractivity contribution < 1.29 is 18.7 Å². The maximum atomic E-state index is 13.1. The van der Waals surface area contributed by atoms with Crippen molar-refractivity contribution in [3.8, 4) is 22.8 Å². The lowest BCUT2D eigenvalue weighted by Gasteiger charge is -2.09. The van der Waals surface area contributed by atoms with E-state index in [9.17, 15) is 14.0 Å². The molecular formula is C20H16ClFN4O4. The third-order valence-corrected chi connectivity index (χ3v) is 4.25. The number of carbonyl (C=O) groups excluding carboxylic acids is 1. The smallest absolute Gasteiger partial charge is 0.346 e. The van der Waals surface area contributed by atoms with Gasteiger partial charge in [0, 0.05) is 5.56 Å². The normalized spacial score (nSPS) is 10.8. The maximum absolute atomic E-state index is 13.1. The minimum atomic E-state index is -0.724. The van der Waals surface area contributed by atoms with Crippen molar-refractivity contribution in [1.29, 1.82) is 0 Å². The van der Waals surface area contributed by atoms with Gasteiger partial charge in [-0.25, -0.2) is 14.6 Å². The molecule has 0 spiro atoms. The van der Waals surface area contributed by atoms with Crippen molar-refractivity contribution in [3.63, 3.8) is 0 Å². The molecule has 0 saturated carbocycles. The first-order valence-electron chi connectivity index (χ1n) is 8.53. The van der Waals surface area contributed by atoms with E-state index in [1.54, 1.807) is 12.1 Å². The predicted molar refractivity (Wildman–Crippen MR) is 110 cm³/mol. The van der Waals surface area contributed by atoms with Crippen LogP contribution in [0.5, 0.6) is 11.5 Å². The SMILES string of the molecule is COc1cc(/C=N/NC(=O)c2cc(-c3ccc(F)cc3)nc(=O)[nH]2)cc(Cl)c1OC. The number of H-pyrrole nitrogens is 1. The van der Waals surface area contributed by atoms with Crippen LogP contribution in [0.15, 0.2) is 52.4 Å². The van der Waals surface area contributed by atoms with Crippen molar-refractivity contribution in [3.05, 3.63) is 75.0 Å². The van der Waals surface area contributed by atoms with Gasteiger partial charge >= 0.3 is 5.69 Å². The van der Waals surface area contributed by atoms with E-state index in [4.69, 9.17) is 21.1 Å².